The van der Waals surface area contributed by atoms with Crippen LogP contribution in [0, 0.1) is 0 Å². The highest BCUT2D eigenvalue weighted by atomic mass is 79.9. The largest absolute Gasteiger partial charge is 0.377 e. The van der Waals surface area contributed by atoms with Crippen LogP contribution in [0.2, 0.25) is 0 Å². The summed E-state index contributed by atoms with van der Waals surface area (Å²) in [7, 11) is 0. The topological polar surface area (TPSA) is 50.4 Å². The third-order valence-corrected chi connectivity index (χ3v) is 3.58. The summed E-state index contributed by atoms with van der Waals surface area (Å²) in [6.45, 7) is 2.39. The molecule has 1 amide bonds. The maximum atomic E-state index is 11.7. The van der Waals surface area contributed by atoms with Gasteiger partial charge in [0.2, 0.25) is 5.91 Å². The average Bonchev–Trinajstić information content (AvgIpc) is 2.91. The maximum absolute atomic E-state index is 11.7. The normalized spacial score (nSPS) is 18.5. The Morgan fingerprint density at radius 1 is 1.37 bits per heavy atom. The van der Waals surface area contributed by atoms with Gasteiger partial charge in [-0.05, 0) is 37.1 Å². The molecule has 0 aromatic heterocycles. The van der Waals surface area contributed by atoms with E-state index in [2.05, 4.69) is 26.6 Å². The van der Waals surface area contributed by atoms with Gasteiger partial charge in [-0.15, -0.1) is 0 Å². The first-order valence-corrected chi connectivity index (χ1v) is 7.41. The zero-order valence-electron chi connectivity index (χ0n) is 10.8. The van der Waals surface area contributed by atoms with Gasteiger partial charge in [0.05, 0.1) is 6.10 Å². The zero-order valence-corrected chi connectivity index (χ0v) is 12.4. The predicted octanol–water partition coefficient (Wildman–Crippen LogP) is 2.55. The van der Waals surface area contributed by atoms with E-state index in [0.29, 0.717) is 19.1 Å². The van der Waals surface area contributed by atoms with Crippen LogP contribution in [0.1, 0.15) is 19.3 Å². The van der Waals surface area contributed by atoms with E-state index in [1.807, 2.05) is 24.3 Å². The molecule has 1 atom stereocenters. The van der Waals surface area contributed by atoms with E-state index >= 15 is 0 Å². The van der Waals surface area contributed by atoms with Crippen molar-refractivity contribution >= 4 is 27.5 Å². The number of hydrogen-bond donors (Lipinski definition) is 2. The second kappa shape index (κ2) is 7.62. The fourth-order valence-corrected chi connectivity index (χ4v) is 2.29. The first-order chi connectivity index (χ1) is 9.24. The second-order valence-electron chi connectivity index (χ2n) is 4.64. The molecule has 19 heavy (non-hydrogen) atoms. The highest BCUT2D eigenvalue weighted by Crippen LogP contribution is 2.14. The van der Waals surface area contributed by atoms with Crippen LogP contribution in [-0.2, 0) is 9.53 Å². The zero-order chi connectivity index (χ0) is 13.5. The van der Waals surface area contributed by atoms with Gasteiger partial charge in [-0.1, -0.05) is 15.9 Å². The fraction of sp³-hybridized carbons (Fsp3) is 0.500. The third kappa shape index (κ3) is 5.30. The first-order valence-electron chi connectivity index (χ1n) is 6.62. The molecule has 4 nitrogen and oxygen atoms in total. The van der Waals surface area contributed by atoms with Gasteiger partial charge >= 0.3 is 0 Å². The number of anilines is 1. The lowest BCUT2D eigenvalue weighted by molar-refractivity contribution is -0.116. The van der Waals surface area contributed by atoms with Crippen LogP contribution >= 0.6 is 15.9 Å². The summed E-state index contributed by atoms with van der Waals surface area (Å²) in [5.74, 6) is 0.0298. The molecule has 2 rings (SSSR count). The Morgan fingerprint density at radius 2 is 2.16 bits per heavy atom. The van der Waals surface area contributed by atoms with Crippen LogP contribution in [0.5, 0.6) is 0 Å². The van der Waals surface area contributed by atoms with Crippen LogP contribution in [0.25, 0.3) is 0 Å². The number of nitrogens with one attached hydrogen (secondary N) is 2. The van der Waals surface area contributed by atoms with Gasteiger partial charge in [-0.25, -0.2) is 0 Å². The Labute approximate surface area is 122 Å². The lowest BCUT2D eigenvalue weighted by Gasteiger charge is -2.10. The summed E-state index contributed by atoms with van der Waals surface area (Å²) in [5.41, 5.74) is 0.826. The predicted molar refractivity (Wildman–Crippen MR) is 79.2 cm³/mol. The Balaban J connectivity index is 1.60. The minimum atomic E-state index is 0.0298. The molecule has 1 aromatic rings. The third-order valence-electron chi connectivity index (χ3n) is 3.05. The Morgan fingerprint density at radius 3 is 2.84 bits per heavy atom. The number of carbonyl (C=O) groups is 1. The molecule has 0 saturated carbocycles. The van der Waals surface area contributed by atoms with Crippen LogP contribution in [0.3, 0.4) is 0 Å². The molecule has 1 saturated heterocycles. The molecule has 0 bridgehead atoms. The molecule has 1 fully saturated rings. The molecule has 5 heteroatoms. The molecular formula is C14H19BrN2O2. The van der Waals surface area contributed by atoms with Crippen molar-refractivity contribution in [2.24, 2.45) is 0 Å². The van der Waals surface area contributed by atoms with Crippen molar-refractivity contribution in [3.8, 4) is 0 Å². The summed E-state index contributed by atoms with van der Waals surface area (Å²) in [6.07, 6.45) is 3.08. The molecule has 1 aromatic carbocycles. The van der Waals surface area contributed by atoms with Crippen molar-refractivity contribution in [3.05, 3.63) is 28.7 Å². The van der Waals surface area contributed by atoms with Crippen molar-refractivity contribution < 1.29 is 9.53 Å². The van der Waals surface area contributed by atoms with Crippen LogP contribution in [0.15, 0.2) is 28.7 Å². The Kier molecular flexibility index (Phi) is 5.82. The summed E-state index contributed by atoms with van der Waals surface area (Å²) in [4.78, 5) is 11.7. The maximum Gasteiger partial charge on any atom is 0.225 e. The number of rotatable bonds is 6. The lowest BCUT2D eigenvalue weighted by atomic mass is 10.2. The van der Waals surface area contributed by atoms with Gasteiger partial charge < -0.3 is 15.4 Å². The van der Waals surface area contributed by atoms with Crippen molar-refractivity contribution in [2.75, 3.05) is 25.0 Å². The first kappa shape index (κ1) is 14.5. The van der Waals surface area contributed by atoms with Gasteiger partial charge in [0.25, 0.3) is 0 Å². The Bertz CT molecular complexity index is 402. The molecular weight excluding hydrogens is 308 g/mol. The van der Waals surface area contributed by atoms with Crippen molar-refractivity contribution in [1.29, 1.82) is 0 Å². The van der Waals surface area contributed by atoms with Crippen LogP contribution in [-0.4, -0.2) is 31.7 Å². The molecule has 104 valence electrons. The van der Waals surface area contributed by atoms with E-state index < -0.39 is 0 Å². The van der Waals surface area contributed by atoms with E-state index in [9.17, 15) is 4.79 Å². The SMILES string of the molecule is O=C(CCNCC1CCCO1)Nc1ccc(Br)cc1. The monoisotopic (exact) mass is 326 g/mol. The average molecular weight is 327 g/mol. The van der Waals surface area contributed by atoms with Gasteiger partial charge in [0.15, 0.2) is 0 Å². The Hall–Kier alpha value is -0.910. The minimum Gasteiger partial charge on any atom is -0.377 e. The van der Waals surface area contributed by atoms with Gasteiger partial charge in [-0.2, -0.15) is 0 Å². The van der Waals surface area contributed by atoms with Crippen molar-refractivity contribution in [1.82, 2.24) is 5.32 Å². The minimum absolute atomic E-state index is 0.0298. The van der Waals surface area contributed by atoms with E-state index in [4.69, 9.17) is 4.74 Å². The molecule has 1 aliphatic rings. The van der Waals surface area contributed by atoms with Crippen molar-refractivity contribution in [3.63, 3.8) is 0 Å². The molecule has 0 spiro atoms. The van der Waals surface area contributed by atoms with E-state index in [-0.39, 0.29) is 5.91 Å². The number of amides is 1. The van der Waals surface area contributed by atoms with E-state index in [0.717, 1.165) is 36.2 Å². The molecule has 2 N–H and O–H groups in total. The number of hydrogen-bond acceptors (Lipinski definition) is 3. The smallest absolute Gasteiger partial charge is 0.225 e. The fourth-order valence-electron chi connectivity index (χ4n) is 2.03. The number of halogens is 1. The van der Waals surface area contributed by atoms with Gasteiger partial charge in [-0.3, -0.25) is 4.79 Å². The molecule has 0 radical (unpaired) electrons. The van der Waals surface area contributed by atoms with Gasteiger partial charge in [0, 0.05) is 36.3 Å². The van der Waals surface area contributed by atoms with Crippen LogP contribution < -0.4 is 10.6 Å². The molecule has 1 unspecified atom stereocenters. The van der Waals surface area contributed by atoms with Gasteiger partial charge in [0.1, 0.15) is 0 Å². The molecule has 1 aliphatic heterocycles. The quantitative estimate of drug-likeness (QED) is 0.790. The number of ether oxygens (including phenoxy) is 1. The lowest BCUT2D eigenvalue weighted by Crippen LogP contribution is -2.29. The molecule has 1 heterocycles. The van der Waals surface area contributed by atoms with Crippen LogP contribution in [0.4, 0.5) is 5.69 Å². The van der Waals surface area contributed by atoms with E-state index in [1.54, 1.807) is 0 Å². The number of benzene rings is 1. The summed E-state index contributed by atoms with van der Waals surface area (Å²) in [6, 6.07) is 7.57. The highest BCUT2D eigenvalue weighted by Gasteiger charge is 2.14. The second-order valence-corrected chi connectivity index (χ2v) is 5.56. The summed E-state index contributed by atoms with van der Waals surface area (Å²) in [5, 5.41) is 6.13. The van der Waals surface area contributed by atoms with Crippen molar-refractivity contribution in [2.45, 2.75) is 25.4 Å². The number of carbonyl (C=O) groups excluding carboxylic acids is 1. The standard InChI is InChI=1S/C14H19BrN2O2/c15-11-3-5-12(6-4-11)17-14(18)7-8-16-10-13-2-1-9-19-13/h3-6,13,16H,1-2,7-10H2,(H,17,18). The molecule has 0 aliphatic carbocycles. The summed E-state index contributed by atoms with van der Waals surface area (Å²) >= 11 is 3.36. The highest BCUT2D eigenvalue weighted by molar-refractivity contribution is 9.10. The van der Waals surface area contributed by atoms with E-state index in [1.165, 1.54) is 0 Å². The summed E-state index contributed by atoms with van der Waals surface area (Å²) < 4.78 is 6.50.